The van der Waals surface area contributed by atoms with Crippen molar-refractivity contribution >= 4 is 27.3 Å². The molecule has 0 N–H and O–H groups in total. The molecular weight excluding hydrogens is 348 g/mol. The SMILES string of the molecule is CCCCN(C(=O)c1ccc(N2CCCS2(=O)=O)cc1)c1ccccc1. The molecule has 1 aliphatic rings. The van der Waals surface area contributed by atoms with Crippen LogP contribution in [-0.4, -0.2) is 33.2 Å². The van der Waals surface area contributed by atoms with Crippen LogP contribution >= 0.6 is 0 Å². The number of amides is 1. The molecule has 0 aromatic heterocycles. The van der Waals surface area contributed by atoms with E-state index >= 15 is 0 Å². The van der Waals surface area contributed by atoms with Crippen molar-refractivity contribution in [2.45, 2.75) is 26.2 Å². The highest BCUT2D eigenvalue weighted by Gasteiger charge is 2.28. The third-order valence-electron chi connectivity index (χ3n) is 4.55. The fourth-order valence-electron chi connectivity index (χ4n) is 3.13. The number of rotatable bonds is 6. The summed E-state index contributed by atoms with van der Waals surface area (Å²) in [5.74, 6) is 0.118. The van der Waals surface area contributed by atoms with E-state index in [1.807, 2.05) is 30.3 Å². The molecule has 6 heteroatoms. The van der Waals surface area contributed by atoms with Gasteiger partial charge in [-0.2, -0.15) is 0 Å². The van der Waals surface area contributed by atoms with Crippen LogP contribution in [0.2, 0.25) is 0 Å². The molecule has 5 nitrogen and oxygen atoms in total. The Kier molecular flexibility index (Phi) is 5.61. The zero-order chi connectivity index (χ0) is 18.6. The number of carbonyl (C=O) groups is 1. The minimum absolute atomic E-state index is 0.0690. The summed E-state index contributed by atoms with van der Waals surface area (Å²) in [4.78, 5) is 14.8. The molecular formula is C20H24N2O3S. The van der Waals surface area contributed by atoms with Crippen molar-refractivity contribution in [3.05, 3.63) is 60.2 Å². The maximum Gasteiger partial charge on any atom is 0.258 e. The van der Waals surface area contributed by atoms with Crippen LogP contribution in [-0.2, 0) is 10.0 Å². The molecule has 0 unspecified atom stereocenters. The van der Waals surface area contributed by atoms with E-state index in [0.717, 1.165) is 18.5 Å². The second kappa shape index (κ2) is 7.91. The average molecular weight is 372 g/mol. The second-order valence-corrected chi connectivity index (χ2v) is 8.45. The molecule has 0 radical (unpaired) electrons. The summed E-state index contributed by atoms with van der Waals surface area (Å²) in [5.41, 5.74) is 2.06. The van der Waals surface area contributed by atoms with E-state index in [1.54, 1.807) is 29.2 Å². The quantitative estimate of drug-likeness (QED) is 0.777. The van der Waals surface area contributed by atoms with E-state index < -0.39 is 10.0 Å². The molecule has 0 spiro atoms. The topological polar surface area (TPSA) is 57.7 Å². The monoisotopic (exact) mass is 372 g/mol. The number of carbonyl (C=O) groups excluding carboxylic acids is 1. The van der Waals surface area contributed by atoms with Crippen LogP contribution in [0.3, 0.4) is 0 Å². The van der Waals surface area contributed by atoms with Crippen molar-refractivity contribution in [1.82, 2.24) is 0 Å². The number of hydrogen-bond donors (Lipinski definition) is 0. The molecule has 138 valence electrons. The number of para-hydroxylation sites is 1. The smallest absolute Gasteiger partial charge is 0.258 e. The fraction of sp³-hybridized carbons (Fsp3) is 0.350. The van der Waals surface area contributed by atoms with Gasteiger partial charge < -0.3 is 4.90 Å². The van der Waals surface area contributed by atoms with Gasteiger partial charge in [0.25, 0.3) is 5.91 Å². The predicted octanol–water partition coefficient (Wildman–Crippen LogP) is 3.67. The first-order valence-corrected chi connectivity index (χ1v) is 10.6. The van der Waals surface area contributed by atoms with Crippen molar-refractivity contribution in [1.29, 1.82) is 0 Å². The van der Waals surface area contributed by atoms with Gasteiger partial charge >= 0.3 is 0 Å². The zero-order valence-corrected chi connectivity index (χ0v) is 15.8. The van der Waals surface area contributed by atoms with Gasteiger partial charge in [0.2, 0.25) is 10.0 Å². The number of anilines is 2. The first kappa shape index (κ1) is 18.5. The van der Waals surface area contributed by atoms with Crippen molar-refractivity contribution in [2.75, 3.05) is 28.0 Å². The van der Waals surface area contributed by atoms with Gasteiger partial charge in [-0.25, -0.2) is 8.42 Å². The van der Waals surface area contributed by atoms with Crippen LogP contribution in [0.1, 0.15) is 36.5 Å². The number of benzene rings is 2. The maximum atomic E-state index is 13.0. The molecule has 26 heavy (non-hydrogen) atoms. The number of sulfonamides is 1. The number of unbranched alkanes of at least 4 members (excludes halogenated alkanes) is 1. The number of nitrogens with zero attached hydrogens (tertiary/aromatic N) is 2. The van der Waals surface area contributed by atoms with E-state index in [4.69, 9.17) is 0 Å². The van der Waals surface area contributed by atoms with Crippen molar-refractivity contribution in [2.24, 2.45) is 0 Å². The van der Waals surface area contributed by atoms with Gasteiger partial charge in [-0.3, -0.25) is 9.10 Å². The Bertz CT molecular complexity index is 848. The lowest BCUT2D eigenvalue weighted by Crippen LogP contribution is -2.32. The van der Waals surface area contributed by atoms with E-state index in [-0.39, 0.29) is 11.7 Å². The third-order valence-corrected chi connectivity index (χ3v) is 6.42. The number of hydrogen-bond acceptors (Lipinski definition) is 3. The average Bonchev–Trinajstić information content (AvgIpc) is 3.02. The molecule has 1 aliphatic heterocycles. The van der Waals surface area contributed by atoms with E-state index in [0.29, 0.717) is 30.8 Å². The fourth-order valence-corrected chi connectivity index (χ4v) is 4.69. The molecule has 1 fully saturated rings. The van der Waals surface area contributed by atoms with Gasteiger partial charge in [0.15, 0.2) is 0 Å². The van der Waals surface area contributed by atoms with E-state index in [2.05, 4.69) is 6.92 Å². The highest BCUT2D eigenvalue weighted by molar-refractivity contribution is 7.93. The van der Waals surface area contributed by atoms with Crippen LogP contribution in [0.5, 0.6) is 0 Å². The summed E-state index contributed by atoms with van der Waals surface area (Å²) in [7, 11) is -3.21. The van der Waals surface area contributed by atoms with Gasteiger partial charge in [-0.05, 0) is 49.2 Å². The molecule has 1 saturated heterocycles. The molecule has 1 amide bonds. The minimum atomic E-state index is -3.21. The lowest BCUT2D eigenvalue weighted by atomic mass is 10.1. The molecule has 0 bridgehead atoms. The predicted molar refractivity (Wildman–Crippen MR) is 105 cm³/mol. The van der Waals surface area contributed by atoms with Gasteiger partial charge in [-0.1, -0.05) is 31.5 Å². The normalized spacial score (nSPS) is 15.8. The standard InChI is InChI=1S/C20H24N2O3S/c1-2-3-14-21(18-8-5-4-6-9-18)20(23)17-10-12-19(13-11-17)22-15-7-16-26(22,24)25/h4-6,8-13H,2-3,7,14-16H2,1H3. The van der Waals surface area contributed by atoms with E-state index in [9.17, 15) is 13.2 Å². The van der Waals surface area contributed by atoms with Crippen LogP contribution in [0.15, 0.2) is 54.6 Å². The first-order valence-electron chi connectivity index (χ1n) is 9.00. The summed E-state index contributed by atoms with van der Waals surface area (Å²) < 4.78 is 25.5. The van der Waals surface area contributed by atoms with E-state index in [1.165, 1.54) is 4.31 Å². The lowest BCUT2D eigenvalue weighted by Gasteiger charge is -2.23. The Morgan fingerprint density at radius 1 is 1.08 bits per heavy atom. The highest BCUT2D eigenvalue weighted by Crippen LogP contribution is 2.25. The van der Waals surface area contributed by atoms with Crippen molar-refractivity contribution in [3.63, 3.8) is 0 Å². The van der Waals surface area contributed by atoms with Gasteiger partial charge in [0.05, 0.1) is 11.4 Å². The molecule has 2 aromatic rings. The lowest BCUT2D eigenvalue weighted by molar-refractivity contribution is 0.0986. The highest BCUT2D eigenvalue weighted by atomic mass is 32.2. The Hall–Kier alpha value is -2.34. The minimum Gasteiger partial charge on any atom is -0.308 e. The maximum absolute atomic E-state index is 13.0. The summed E-state index contributed by atoms with van der Waals surface area (Å²) >= 11 is 0. The van der Waals surface area contributed by atoms with Crippen LogP contribution in [0, 0.1) is 0 Å². The van der Waals surface area contributed by atoms with Crippen molar-refractivity contribution < 1.29 is 13.2 Å². The summed E-state index contributed by atoms with van der Waals surface area (Å²) in [5, 5.41) is 0. The summed E-state index contributed by atoms with van der Waals surface area (Å²) in [6.45, 7) is 3.25. The Morgan fingerprint density at radius 2 is 1.77 bits per heavy atom. The Morgan fingerprint density at radius 3 is 2.35 bits per heavy atom. The third kappa shape index (κ3) is 3.90. The van der Waals surface area contributed by atoms with Gasteiger partial charge in [0, 0.05) is 24.3 Å². The van der Waals surface area contributed by atoms with Crippen LogP contribution in [0.4, 0.5) is 11.4 Å². The molecule has 2 aromatic carbocycles. The second-order valence-electron chi connectivity index (χ2n) is 6.43. The molecule has 3 rings (SSSR count). The molecule has 0 atom stereocenters. The molecule has 1 heterocycles. The van der Waals surface area contributed by atoms with Gasteiger partial charge in [-0.15, -0.1) is 0 Å². The van der Waals surface area contributed by atoms with Crippen LogP contribution in [0.25, 0.3) is 0 Å². The van der Waals surface area contributed by atoms with Crippen LogP contribution < -0.4 is 9.21 Å². The zero-order valence-electron chi connectivity index (χ0n) is 15.0. The Balaban J connectivity index is 1.83. The summed E-state index contributed by atoms with van der Waals surface area (Å²) in [6.07, 6.45) is 2.56. The molecule has 0 aliphatic carbocycles. The van der Waals surface area contributed by atoms with Crippen molar-refractivity contribution in [3.8, 4) is 0 Å². The largest absolute Gasteiger partial charge is 0.308 e. The van der Waals surface area contributed by atoms with Gasteiger partial charge in [0.1, 0.15) is 0 Å². The first-order chi connectivity index (χ1) is 12.5. The molecule has 0 saturated carbocycles. The summed E-state index contributed by atoms with van der Waals surface area (Å²) in [6, 6.07) is 16.5. The Labute approximate surface area is 155 Å².